The zero-order chi connectivity index (χ0) is 17.1. The van der Waals surface area contributed by atoms with Gasteiger partial charge in [0.2, 0.25) is 11.1 Å². The molecule has 1 aromatic carbocycles. The maximum atomic E-state index is 12.6. The molecule has 1 amide bonds. The maximum absolute atomic E-state index is 12.6. The van der Waals surface area contributed by atoms with Crippen molar-refractivity contribution in [2.24, 2.45) is 0 Å². The second-order valence-electron chi connectivity index (χ2n) is 5.15. The summed E-state index contributed by atoms with van der Waals surface area (Å²) in [5.41, 5.74) is 0.850. The Bertz CT molecular complexity index is 816. The Hall–Kier alpha value is -2.32. The summed E-state index contributed by atoms with van der Waals surface area (Å²) in [6.07, 6.45) is 0. The number of nitrogen functional groups attached to an aromatic ring is 1. The smallest absolute Gasteiger partial charge is 0.240 e. The maximum Gasteiger partial charge on any atom is 0.240 e. The monoisotopic (exact) mass is 359 g/mol. The van der Waals surface area contributed by atoms with Gasteiger partial charge in [-0.05, 0) is 30.5 Å². The van der Waals surface area contributed by atoms with Crippen LogP contribution in [0.3, 0.4) is 0 Å². The SMILES string of the molecule is CC(Sc1nnc(-c2cccs2)n1N)C(=O)N(C)c1ccccc1. The number of hydrogen-bond donors (Lipinski definition) is 1. The predicted octanol–water partition coefficient (Wildman–Crippen LogP) is 2.86. The Morgan fingerprint density at radius 3 is 2.67 bits per heavy atom. The van der Waals surface area contributed by atoms with E-state index < -0.39 is 0 Å². The average Bonchev–Trinajstić information content (AvgIpc) is 3.25. The molecule has 124 valence electrons. The predicted molar refractivity (Wildman–Crippen MR) is 98.7 cm³/mol. The van der Waals surface area contributed by atoms with Crippen LogP contribution in [0.15, 0.2) is 53.0 Å². The highest BCUT2D eigenvalue weighted by Gasteiger charge is 2.23. The molecule has 24 heavy (non-hydrogen) atoms. The molecule has 0 spiro atoms. The van der Waals surface area contributed by atoms with Crippen LogP contribution >= 0.6 is 23.1 Å². The number of benzene rings is 1. The minimum Gasteiger partial charge on any atom is -0.335 e. The van der Waals surface area contributed by atoms with Crippen LogP contribution in [-0.4, -0.2) is 33.1 Å². The van der Waals surface area contributed by atoms with E-state index in [1.807, 2.05) is 54.8 Å². The first-order chi connectivity index (χ1) is 11.6. The Morgan fingerprint density at radius 1 is 1.25 bits per heavy atom. The molecule has 0 bridgehead atoms. The number of nitrogens with zero attached hydrogens (tertiary/aromatic N) is 4. The normalized spacial score (nSPS) is 12.1. The molecule has 1 atom stereocenters. The van der Waals surface area contributed by atoms with Crippen molar-refractivity contribution in [3.8, 4) is 10.7 Å². The fourth-order valence-corrected chi connectivity index (χ4v) is 3.76. The lowest BCUT2D eigenvalue weighted by molar-refractivity contribution is -0.117. The van der Waals surface area contributed by atoms with Gasteiger partial charge in [-0.25, -0.2) is 4.68 Å². The van der Waals surface area contributed by atoms with Crippen LogP contribution in [0.1, 0.15) is 6.92 Å². The zero-order valence-corrected chi connectivity index (χ0v) is 14.9. The molecule has 3 aromatic rings. The Morgan fingerprint density at radius 2 is 2.00 bits per heavy atom. The van der Waals surface area contributed by atoms with Crippen LogP contribution in [0, 0.1) is 0 Å². The minimum atomic E-state index is -0.335. The van der Waals surface area contributed by atoms with Crippen molar-refractivity contribution in [3.63, 3.8) is 0 Å². The van der Waals surface area contributed by atoms with E-state index in [1.165, 1.54) is 16.4 Å². The van der Waals surface area contributed by atoms with Crippen molar-refractivity contribution < 1.29 is 4.79 Å². The summed E-state index contributed by atoms with van der Waals surface area (Å²) in [5, 5.41) is 10.4. The minimum absolute atomic E-state index is 0.0214. The third-order valence-electron chi connectivity index (χ3n) is 3.51. The molecule has 2 aromatic heterocycles. The number of anilines is 1. The summed E-state index contributed by atoms with van der Waals surface area (Å²) in [7, 11) is 1.76. The fraction of sp³-hybridized carbons (Fsp3) is 0.188. The molecule has 0 fully saturated rings. The van der Waals surface area contributed by atoms with Crippen molar-refractivity contribution in [2.75, 3.05) is 17.8 Å². The van der Waals surface area contributed by atoms with Gasteiger partial charge in [-0.2, -0.15) is 0 Å². The fourth-order valence-electron chi connectivity index (χ4n) is 2.19. The van der Waals surface area contributed by atoms with Crippen LogP contribution in [0.25, 0.3) is 10.7 Å². The first-order valence-corrected chi connectivity index (χ1v) is 9.07. The summed E-state index contributed by atoms with van der Waals surface area (Å²) in [4.78, 5) is 15.2. The van der Waals surface area contributed by atoms with Gasteiger partial charge >= 0.3 is 0 Å². The second-order valence-corrected chi connectivity index (χ2v) is 7.40. The standard InChI is InChI=1S/C16H17N5OS2/c1-11(15(22)20(2)12-7-4-3-5-8-12)24-16-19-18-14(21(16)17)13-9-6-10-23-13/h3-11H,17H2,1-2H3. The first-order valence-electron chi connectivity index (χ1n) is 7.31. The van der Waals surface area contributed by atoms with Crippen molar-refractivity contribution in [3.05, 3.63) is 47.8 Å². The number of thioether (sulfide) groups is 1. The number of nitrogens with two attached hydrogens (primary N) is 1. The number of carbonyl (C=O) groups is 1. The lowest BCUT2D eigenvalue weighted by atomic mass is 10.3. The van der Waals surface area contributed by atoms with Gasteiger partial charge in [-0.15, -0.1) is 21.5 Å². The summed E-state index contributed by atoms with van der Waals surface area (Å²) >= 11 is 2.84. The van der Waals surface area contributed by atoms with Crippen molar-refractivity contribution in [2.45, 2.75) is 17.3 Å². The molecule has 3 rings (SSSR count). The first kappa shape index (κ1) is 16.5. The average molecular weight is 359 g/mol. The highest BCUT2D eigenvalue weighted by molar-refractivity contribution is 8.00. The van der Waals surface area contributed by atoms with E-state index in [9.17, 15) is 4.79 Å². The Kier molecular flexibility index (Phi) is 4.86. The van der Waals surface area contributed by atoms with Gasteiger partial charge < -0.3 is 10.7 Å². The molecule has 0 radical (unpaired) electrons. The third-order valence-corrected chi connectivity index (χ3v) is 5.42. The number of carbonyl (C=O) groups excluding carboxylic acids is 1. The van der Waals surface area contributed by atoms with E-state index in [0.29, 0.717) is 11.0 Å². The molecule has 0 aliphatic rings. The van der Waals surface area contributed by atoms with Gasteiger partial charge in [0.1, 0.15) is 0 Å². The topological polar surface area (TPSA) is 77.0 Å². The van der Waals surface area contributed by atoms with Crippen molar-refractivity contribution in [1.82, 2.24) is 14.9 Å². The van der Waals surface area contributed by atoms with Gasteiger partial charge in [-0.1, -0.05) is 36.0 Å². The van der Waals surface area contributed by atoms with E-state index in [-0.39, 0.29) is 11.2 Å². The zero-order valence-electron chi connectivity index (χ0n) is 13.3. The summed E-state index contributed by atoms with van der Waals surface area (Å²) in [5.74, 6) is 6.66. The third kappa shape index (κ3) is 3.29. The molecule has 1 unspecified atom stereocenters. The molecule has 6 nitrogen and oxygen atoms in total. The number of amides is 1. The summed E-state index contributed by atoms with van der Waals surface area (Å²) in [6.45, 7) is 1.84. The summed E-state index contributed by atoms with van der Waals surface area (Å²) in [6, 6.07) is 13.4. The molecule has 0 saturated heterocycles. The Labute approximate surface area is 148 Å². The lowest BCUT2D eigenvalue weighted by Crippen LogP contribution is -2.33. The van der Waals surface area contributed by atoms with E-state index in [2.05, 4.69) is 10.2 Å². The highest BCUT2D eigenvalue weighted by atomic mass is 32.2. The van der Waals surface area contributed by atoms with E-state index in [4.69, 9.17) is 5.84 Å². The number of thiophene rings is 1. The van der Waals surface area contributed by atoms with Crippen LogP contribution < -0.4 is 10.7 Å². The molecule has 2 heterocycles. The number of para-hydroxylation sites is 1. The molecule has 8 heteroatoms. The van der Waals surface area contributed by atoms with Crippen LogP contribution in [0.4, 0.5) is 5.69 Å². The van der Waals surface area contributed by atoms with E-state index in [0.717, 1.165) is 10.6 Å². The van der Waals surface area contributed by atoms with Crippen LogP contribution in [0.2, 0.25) is 0 Å². The van der Waals surface area contributed by atoms with Crippen LogP contribution in [-0.2, 0) is 4.79 Å². The van der Waals surface area contributed by atoms with Gasteiger partial charge in [0.25, 0.3) is 0 Å². The summed E-state index contributed by atoms with van der Waals surface area (Å²) < 4.78 is 1.43. The molecule has 0 aliphatic carbocycles. The van der Waals surface area contributed by atoms with E-state index >= 15 is 0 Å². The number of rotatable bonds is 5. The van der Waals surface area contributed by atoms with Gasteiger partial charge in [0, 0.05) is 12.7 Å². The number of aromatic nitrogens is 3. The quantitative estimate of drug-likeness (QED) is 0.560. The second kappa shape index (κ2) is 7.06. The highest BCUT2D eigenvalue weighted by Crippen LogP contribution is 2.28. The molecular formula is C16H17N5OS2. The molecular weight excluding hydrogens is 342 g/mol. The van der Waals surface area contributed by atoms with Gasteiger partial charge in [-0.3, -0.25) is 4.79 Å². The van der Waals surface area contributed by atoms with Gasteiger partial charge in [0.05, 0.1) is 10.1 Å². The molecule has 2 N–H and O–H groups in total. The Balaban J connectivity index is 1.73. The van der Waals surface area contributed by atoms with Gasteiger partial charge in [0.15, 0.2) is 5.82 Å². The van der Waals surface area contributed by atoms with Crippen molar-refractivity contribution in [1.29, 1.82) is 0 Å². The molecule has 0 aliphatic heterocycles. The van der Waals surface area contributed by atoms with Crippen molar-refractivity contribution >= 4 is 34.7 Å². The number of hydrogen-bond acceptors (Lipinski definition) is 6. The van der Waals surface area contributed by atoms with Crippen LogP contribution in [0.5, 0.6) is 0 Å². The van der Waals surface area contributed by atoms with E-state index in [1.54, 1.807) is 23.3 Å². The largest absolute Gasteiger partial charge is 0.335 e. The molecule has 0 saturated carbocycles. The lowest BCUT2D eigenvalue weighted by Gasteiger charge is -2.20.